The predicted octanol–water partition coefficient (Wildman–Crippen LogP) is 1.11. The first-order chi connectivity index (χ1) is 5.31. The van der Waals surface area contributed by atoms with Gasteiger partial charge in [0.05, 0.1) is 18.0 Å². The molecule has 0 N–H and O–H groups in total. The number of ether oxygens (including phenoxy) is 2. The van der Waals surface area contributed by atoms with E-state index in [1.54, 1.807) is 0 Å². The highest BCUT2D eigenvalue weighted by Crippen LogP contribution is 2.38. The van der Waals surface area contributed by atoms with Crippen LogP contribution in [0, 0.1) is 5.92 Å². The highest BCUT2D eigenvalue weighted by Gasteiger charge is 2.42. The molecule has 0 saturated carbocycles. The minimum Gasteiger partial charge on any atom is -0.381 e. The molecule has 2 aliphatic heterocycles. The lowest BCUT2D eigenvalue weighted by molar-refractivity contribution is -0.0599. The van der Waals surface area contributed by atoms with Gasteiger partial charge in [-0.1, -0.05) is 0 Å². The van der Waals surface area contributed by atoms with E-state index in [-0.39, 0.29) is 4.75 Å². The van der Waals surface area contributed by atoms with Gasteiger partial charge in [0.1, 0.15) is 0 Å². The fourth-order valence-corrected chi connectivity index (χ4v) is 2.22. The molecule has 0 aromatic heterocycles. The van der Waals surface area contributed by atoms with Gasteiger partial charge < -0.3 is 9.47 Å². The zero-order chi connectivity index (χ0) is 7.73. The number of thiol groups is 1. The SMILES string of the molecule is SC1(C2CCOCC2)COC1. The first kappa shape index (κ1) is 7.90. The van der Waals surface area contributed by atoms with Crippen molar-refractivity contribution in [2.45, 2.75) is 17.6 Å². The average Bonchev–Trinajstić information content (AvgIpc) is 2.02. The fourth-order valence-electron chi connectivity index (χ4n) is 1.78. The molecule has 2 aliphatic rings. The lowest BCUT2D eigenvalue weighted by Gasteiger charge is -2.44. The minimum atomic E-state index is 0.184. The van der Waals surface area contributed by atoms with Crippen molar-refractivity contribution in [3.8, 4) is 0 Å². The van der Waals surface area contributed by atoms with Gasteiger partial charge in [-0.15, -0.1) is 0 Å². The molecule has 2 rings (SSSR count). The normalized spacial score (nSPS) is 31.4. The molecular formula is C8H14O2S. The standard InChI is InChI=1S/C8H14O2S/c11-8(5-10-6-8)7-1-3-9-4-2-7/h7,11H,1-6H2. The molecule has 0 amide bonds. The summed E-state index contributed by atoms with van der Waals surface area (Å²) in [6, 6.07) is 0. The highest BCUT2D eigenvalue weighted by molar-refractivity contribution is 7.82. The molecule has 0 unspecified atom stereocenters. The molecule has 0 radical (unpaired) electrons. The van der Waals surface area contributed by atoms with E-state index < -0.39 is 0 Å². The monoisotopic (exact) mass is 174 g/mol. The third kappa shape index (κ3) is 1.42. The lowest BCUT2D eigenvalue weighted by atomic mass is 9.84. The molecule has 0 aromatic rings. The second-order valence-corrected chi connectivity index (χ2v) is 4.37. The Bertz CT molecular complexity index is 139. The molecular weight excluding hydrogens is 160 g/mol. The highest BCUT2D eigenvalue weighted by atomic mass is 32.1. The topological polar surface area (TPSA) is 18.5 Å². The maximum atomic E-state index is 5.29. The molecule has 3 heteroatoms. The molecule has 2 fully saturated rings. The first-order valence-electron chi connectivity index (χ1n) is 4.19. The molecule has 0 aromatic carbocycles. The Hall–Kier alpha value is 0.270. The van der Waals surface area contributed by atoms with E-state index in [1.165, 1.54) is 0 Å². The molecule has 0 aliphatic carbocycles. The van der Waals surface area contributed by atoms with Crippen molar-refractivity contribution in [3.05, 3.63) is 0 Å². The molecule has 2 saturated heterocycles. The van der Waals surface area contributed by atoms with Crippen LogP contribution in [0.15, 0.2) is 0 Å². The molecule has 0 spiro atoms. The van der Waals surface area contributed by atoms with E-state index in [1.807, 2.05) is 0 Å². The molecule has 0 atom stereocenters. The van der Waals surface area contributed by atoms with Crippen LogP contribution < -0.4 is 0 Å². The summed E-state index contributed by atoms with van der Waals surface area (Å²) in [4.78, 5) is 0. The minimum absolute atomic E-state index is 0.184. The summed E-state index contributed by atoms with van der Waals surface area (Å²) in [7, 11) is 0. The zero-order valence-electron chi connectivity index (χ0n) is 6.58. The quantitative estimate of drug-likeness (QED) is 0.600. The van der Waals surface area contributed by atoms with Crippen LogP contribution in [-0.4, -0.2) is 31.2 Å². The van der Waals surface area contributed by atoms with E-state index in [0.717, 1.165) is 39.3 Å². The van der Waals surface area contributed by atoms with Crippen molar-refractivity contribution in [2.75, 3.05) is 26.4 Å². The van der Waals surface area contributed by atoms with Gasteiger partial charge >= 0.3 is 0 Å². The Morgan fingerprint density at radius 1 is 1.09 bits per heavy atom. The Labute approximate surface area is 72.7 Å². The van der Waals surface area contributed by atoms with Gasteiger partial charge in [0, 0.05) is 13.2 Å². The van der Waals surface area contributed by atoms with E-state index in [9.17, 15) is 0 Å². The maximum absolute atomic E-state index is 5.29. The third-order valence-corrected chi connectivity index (χ3v) is 3.31. The van der Waals surface area contributed by atoms with E-state index in [4.69, 9.17) is 9.47 Å². The lowest BCUT2D eigenvalue weighted by Crippen LogP contribution is -2.52. The van der Waals surface area contributed by atoms with Crippen LogP contribution in [0.3, 0.4) is 0 Å². The smallest absolute Gasteiger partial charge is 0.0636 e. The predicted molar refractivity (Wildman–Crippen MR) is 46.1 cm³/mol. The van der Waals surface area contributed by atoms with Crippen LogP contribution in [0.4, 0.5) is 0 Å². The van der Waals surface area contributed by atoms with E-state index in [2.05, 4.69) is 12.6 Å². The number of hydrogen-bond acceptors (Lipinski definition) is 3. The van der Waals surface area contributed by atoms with Crippen molar-refractivity contribution in [3.63, 3.8) is 0 Å². The van der Waals surface area contributed by atoms with Gasteiger partial charge in [0.2, 0.25) is 0 Å². The molecule has 2 heterocycles. The maximum Gasteiger partial charge on any atom is 0.0636 e. The van der Waals surface area contributed by atoms with Crippen LogP contribution in [0.25, 0.3) is 0 Å². The molecule has 2 nitrogen and oxygen atoms in total. The van der Waals surface area contributed by atoms with Gasteiger partial charge in [-0.05, 0) is 18.8 Å². The first-order valence-corrected chi connectivity index (χ1v) is 4.64. The van der Waals surface area contributed by atoms with Crippen molar-refractivity contribution in [2.24, 2.45) is 5.92 Å². The van der Waals surface area contributed by atoms with Crippen molar-refractivity contribution in [1.82, 2.24) is 0 Å². The number of rotatable bonds is 1. The summed E-state index contributed by atoms with van der Waals surface area (Å²) < 4.78 is 10.6. The van der Waals surface area contributed by atoms with E-state index >= 15 is 0 Å². The zero-order valence-corrected chi connectivity index (χ0v) is 7.48. The number of hydrogen-bond donors (Lipinski definition) is 1. The van der Waals surface area contributed by atoms with Crippen LogP contribution in [0.1, 0.15) is 12.8 Å². The van der Waals surface area contributed by atoms with Gasteiger partial charge in [-0.25, -0.2) is 0 Å². The van der Waals surface area contributed by atoms with Crippen LogP contribution in [0.2, 0.25) is 0 Å². The second-order valence-electron chi connectivity index (χ2n) is 3.48. The van der Waals surface area contributed by atoms with Gasteiger partial charge in [-0.3, -0.25) is 0 Å². The summed E-state index contributed by atoms with van der Waals surface area (Å²) in [6.45, 7) is 3.49. The van der Waals surface area contributed by atoms with Gasteiger partial charge in [0.25, 0.3) is 0 Å². The third-order valence-electron chi connectivity index (χ3n) is 2.69. The summed E-state index contributed by atoms with van der Waals surface area (Å²) >= 11 is 4.64. The largest absolute Gasteiger partial charge is 0.381 e. The van der Waals surface area contributed by atoms with Crippen molar-refractivity contribution < 1.29 is 9.47 Å². The van der Waals surface area contributed by atoms with Crippen molar-refractivity contribution >= 4 is 12.6 Å². The average molecular weight is 174 g/mol. The summed E-state index contributed by atoms with van der Waals surface area (Å²) in [5.41, 5.74) is 0. The Morgan fingerprint density at radius 2 is 1.73 bits per heavy atom. The van der Waals surface area contributed by atoms with Gasteiger partial charge in [0.15, 0.2) is 0 Å². The Balaban J connectivity index is 1.91. The van der Waals surface area contributed by atoms with Crippen LogP contribution >= 0.6 is 12.6 Å². The molecule has 0 bridgehead atoms. The van der Waals surface area contributed by atoms with Crippen LogP contribution in [0.5, 0.6) is 0 Å². The molecule has 11 heavy (non-hydrogen) atoms. The van der Waals surface area contributed by atoms with E-state index in [0.29, 0.717) is 5.92 Å². The Kier molecular flexibility index (Phi) is 2.12. The summed E-state index contributed by atoms with van der Waals surface area (Å²) in [5, 5.41) is 0. The summed E-state index contributed by atoms with van der Waals surface area (Å²) in [5.74, 6) is 0.716. The van der Waals surface area contributed by atoms with Gasteiger partial charge in [-0.2, -0.15) is 12.6 Å². The summed E-state index contributed by atoms with van der Waals surface area (Å²) in [6.07, 6.45) is 2.32. The Morgan fingerprint density at radius 3 is 2.18 bits per heavy atom. The fraction of sp³-hybridized carbons (Fsp3) is 1.00. The van der Waals surface area contributed by atoms with Crippen molar-refractivity contribution in [1.29, 1.82) is 0 Å². The van der Waals surface area contributed by atoms with Crippen LogP contribution in [-0.2, 0) is 9.47 Å². The molecule has 64 valence electrons. The second kappa shape index (κ2) is 2.96.